The number of pyridine rings is 2. The maximum absolute atomic E-state index is 10.3. The largest absolute Gasteiger partial charge is 0.393 e. The second-order valence-electron chi connectivity index (χ2n) is 9.57. The van der Waals surface area contributed by atoms with Gasteiger partial charge in [-0.15, -0.1) is 0 Å². The molecule has 0 amide bonds. The van der Waals surface area contributed by atoms with Crippen LogP contribution in [0.15, 0.2) is 36.9 Å². The molecule has 0 radical (unpaired) electrons. The number of aryl methyl sites for hydroxylation is 1. The van der Waals surface area contributed by atoms with Crippen LogP contribution in [0, 0.1) is 0 Å². The van der Waals surface area contributed by atoms with Crippen LogP contribution < -0.4 is 11.1 Å². The van der Waals surface area contributed by atoms with Crippen molar-refractivity contribution in [1.82, 2.24) is 29.7 Å². The molecule has 10 nitrogen and oxygen atoms in total. The highest BCUT2D eigenvalue weighted by Gasteiger charge is 2.25. The van der Waals surface area contributed by atoms with Crippen molar-refractivity contribution >= 4 is 22.7 Å². The van der Waals surface area contributed by atoms with Gasteiger partial charge in [-0.25, -0.2) is 19.6 Å². The summed E-state index contributed by atoms with van der Waals surface area (Å²) in [6.45, 7) is 5.42. The molecule has 1 fully saturated rings. The minimum absolute atomic E-state index is 0.157. The molecular formula is C25H30N8O2. The third-order valence-corrected chi connectivity index (χ3v) is 6.41. The van der Waals surface area contributed by atoms with Gasteiger partial charge in [-0.1, -0.05) is 6.92 Å². The molecule has 4 heterocycles. The van der Waals surface area contributed by atoms with Crippen LogP contribution in [0.5, 0.6) is 0 Å². The number of fused-ring (bicyclic) bond motifs is 1. The third-order valence-electron chi connectivity index (χ3n) is 6.41. The van der Waals surface area contributed by atoms with E-state index in [-0.39, 0.29) is 12.1 Å². The summed E-state index contributed by atoms with van der Waals surface area (Å²) in [7, 11) is 0. The van der Waals surface area contributed by atoms with Crippen molar-refractivity contribution in [1.29, 1.82) is 0 Å². The van der Waals surface area contributed by atoms with Crippen LogP contribution in [0.4, 0.5) is 11.6 Å². The first-order valence-electron chi connectivity index (χ1n) is 11.9. The first-order valence-corrected chi connectivity index (χ1v) is 11.9. The zero-order valence-electron chi connectivity index (χ0n) is 20.1. The molecule has 0 unspecified atom stereocenters. The van der Waals surface area contributed by atoms with Gasteiger partial charge in [-0.2, -0.15) is 5.10 Å². The van der Waals surface area contributed by atoms with Crippen LogP contribution >= 0.6 is 0 Å². The van der Waals surface area contributed by atoms with Gasteiger partial charge in [0.25, 0.3) is 0 Å². The molecule has 0 aliphatic heterocycles. The van der Waals surface area contributed by atoms with Gasteiger partial charge in [0, 0.05) is 35.8 Å². The van der Waals surface area contributed by atoms with Crippen LogP contribution in [0.1, 0.15) is 51.4 Å². The number of aliphatic hydroxyl groups excluding tert-OH is 1. The average Bonchev–Trinajstić information content (AvgIpc) is 3.48. The lowest BCUT2D eigenvalue weighted by molar-refractivity contribution is 0.0738. The maximum Gasteiger partial charge on any atom is 0.151 e. The van der Waals surface area contributed by atoms with Gasteiger partial charge in [-0.3, -0.25) is 4.98 Å². The van der Waals surface area contributed by atoms with E-state index in [1.165, 1.54) is 0 Å². The third kappa shape index (κ3) is 4.54. The Hall–Kier alpha value is -3.63. The molecule has 1 saturated carbocycles. The van der Waals surface area contributed by atoms with E-state index in [4.69, 9.17) is 15.7 Å². The Morgan fingerprint density at radius 1 is 1.17 bits per heavy atom. The highest BCUT2D eigenvalue weighted by molar-refractivity contribution is 5.96. The van der Waals surface area contributed by atoms with Gasteiger partial charge < -0.3 is 21.3 Å². The smallest absolute Gasteiger partial charge is 0.151 e. The second kappa shape index (κ2) is 8.86. The predicted molar refractivity (Wildman–Crippen MR) is 134 cm³/mol. The van der Waals surface area contributed by atoms with Gasteiger partial charge in [-0.05, 0) is 51.7 Å². The number of nitrogens with one attached hydrogen (secondary N) is 1. The highest BCUT2D eigenvalue weighted by Crippen LogP contribution is 2.32. The van der Waals surface area contributed by atoms with E-state index in [1.807, 2.05) is 25.3 Å². The molecule has 182 valence electrons. The van der Waals surface area contributed by atoms with Crippen LogP contribution in [-0.4, -0.2) is 52.1 Å². The van der Waals surface area contributed by atoms with Crippen molar-refractivity contribution in [2.45, 2.75) is 64.2 Å². The first-order chi connectivity index (χ1) is 16.7. The number of nitrogens with zero attached hydrogens (tertiary/aromatic N) is 6. The molecule has 10 heteroatoms. The lowest BCUT2D eigenvalue weighted by Gasteiger charge is -2.17. The first kappa shape index (κ1) is 23.1. The molecule has 2 atom stereocenters. The van der Waals surface area contributed by atoms with E-state index < -0.39 is 5.60 Å². The van der Waals surface area contributed by atoms with E-state index in [0.717, 1.165) is 35.3 Å². The van der Waals surface area contributed by atoms with E-state index in [0.29, 0.717) is 41.2 Å². The number of nitrogens with two attached hydrogens (primary N) is 1. The summed E-state index contributed by atoms with van der Waals surface area (Å²) in [6, 6.07) is 3.79. The monoisotopic (exact) mass is 474 g/mol. The van der Waals surface area contributed by atoms with Gasteiger partial charge in [0.2, 0.25) is 0 Å². The fourth-order valence-electron chi connectivity index (χ4n) is 4.45. The summed E-state index contributed by atoms with van der Waals surface area (Å²) in [4.78, 5) is 18.4. The molecule has 35 heavy (non-hydrogen) atoms. The summed E-state index contributed by atoms with van der Waals surface area (Å²) in [5.41, 5.74) is 10.0. The Kier molecular flexibility index (Phi) is 5.86. The van der Waals surface area contributed by atoms with Crippen LogP contribution in [0.3, 0.4) is 0 Å². The molecular weight excluding hydrogens is 444 g/mol. The van der Waals surface area contributed by atoms with Crippen LogP contribution in [-0.2, 0) is 12.0 Å². The van der Waals surface area contributed by atoms with Crippen LogP contribution in [0.2, 0.25) is 0 Å². The molecule has 0 saturated heterocycles. The minimum Gasteiger partial charge on any atom is -0.393 e. The Bertz CT molecular complexity index is 1380. The zero-order chi connectivity index (χ0) is 24.7. The number of aromatic nitrogens is 6. The standard InChI is InChI=1S/C25H30N8O2/c1-4-19-24(30-15-5-6-17(34)9-15)32-21-18(12-28-23(26)22(21)31-19)14-11-29-33(13-14)16-7-8-27-20(10-16)25(2,3)35/h7-8,10-13,15,17,34-35H,4-6,9H2,1-3H3,(H2,26,28)(H,30,32)/t15-,17+/m1/s1. The molecule has 0 spiro atoms. The minimum atomic E-state index is -1.06. The molecule has 1 aliphatic carbocycles. The number of anilines is 2. The van der Waals surface area contributed by atoms with E-state index in [1.54, 1.807) is 37.1 Å². The highest BCUT2D eigenvalue weighted by atomic mass is 16.3. The van der Waals surface area contributed by atoms with Crippen LogP contribution in [0.25, 0.3) is 27.8 Å². The Balaban J connectivity index is 1.56. The number of hydrogen-bond acceptors (Lipinski definition) is 9. The predicted octanol–water partition coefficient (Wildman–Crippen LogP) is 2.97. The van der Waals surface area contributed by atoms with Gasteiger partial charge in [0.1, 0.15) is 22.5 Å². The maximum atomic E-state index is 10.3. The van der Waals surface area contributed by atoms with Gasteiger partial charge >= 0.3 is 0 Å². The van der Waals surface area contributed by atoms with Gasteiger partial charge in [0.15, 0.2) is 5.82 Å². The van der Waals surface area contributed by atoms with Crippen molar-refractivity contribution < 1.29 is 10.2 Å². The van der Waals surface area contributed by atoms with E-state index in [9.17, 15) is 10.2 Å². The lowest BCUT2D eigenvalue weighted by atomic mass is 10.0. The number of nitrogen functional groups attached to an aromatic ring is 1. The topological polar surface area (TPSA) is 148 Å². The van der Waals surface area contributed by atoms with Crippen molar-refractivity contribution in [3.63, 3.8) is 0 Å². The Labute approximate surface area is 203 Å². The lowest BCUT2D eigenvalue weighted by Crippen LogP contribution is -2.19. The number of hydrogen-bond donors (Lipinski definition) is 4. The Morgan fingerprint density at radius 2 is 2.00 bits per heavy atom. The molecule has 4 aromatic rings. The van der Waals surface area contributed by atoms with Crippen molar-refractivity contribution in [2.24, 2.45) is 0 Å². The summed E-state index contributed by atoms with van der Waals surface area (Å²) in [5, 5.41) is 28.3. The summed E-state index contributed by atoms with van der Waals surface area (Å²) < 4.78 is 1.72. The van der Waals surface area contributed by atoms with E-state index in [2.05, 4.69) is 20.4 Å². The van der Waals surface area contributed by atoms with Gasteiger partial charge in [0.05, 0.1) is 29.4 Å². The zero-order valence-corrected chi connectivity index (χ0v) is 20.1. The average molecular weight is 475 g/mol. The molecule has 1 aliphatic rings. The molecule has 0 aromatic carbocycles. The SMILES string of the molecule is CCc1nc2c(N)ncc(-c3cnn(-c4ccnc(C(C)(C)O)c4)c3)c2nc1N[C@@H]1CC[C@H](O)C1. The quantitative estimate of drug-likeness (QED) is 0.331. The van der Waals surface area contributed by atoms with Crippen molar-refractivity contribution in [2.75, 3.05) is 11.1 Å². The van der Waals surface area contributed by atoms with E-state index >= 15 is 0 Å². The molecule has 4 aromatic heterocycles. The normalized spacial score (nSPS) is 18.3. The summed E-state index contributed by atoms with van der Waals surface area (Å²) >= 11 is 0. The number of rotatable bonds is 6. The summed E-state index contributed by atoms with van der Waals surface area (Å²) in [6.07, 6.45) is 9.74. The fraction of sp³-hybridized carbons (Fsp3) is 0.400. The number of aliphatic hydroxyl groups is 2. The molecule has 5 N–H and O–H groups in total. The fourth-order valence-corrected chi connectivity index (χ4v) is 4.45. The van der Waals surface area contributed by atoms with Crippen molar-refractivity contribution in [3.05, 3.63) is 48.3 Å². The molecule has 0 bridgehead atoms. The summed E-state index contributed by atoms with van der Waals surface area (Å²) in [5.74, 6) is 1.03. The second-order valence-corrected chi connectivity index (χ2v) is 9.57. The molecule has 5 rings (SSSR count). The van der Waals surface area contributed by atoms with Crippen molar-refractivity contribution in [3.8, 4) is 16.8 Å². The Morgan fingerprint density at radius 3 is 2.71 bits per heavy atom.